The summed E-state index contributed by atoms with van der Waals surface area (Å²) in [5.41, 5.74) is 4.24. The summed E-state index contributed by atoms with van der Waals surface area (Å²) >= 11 is 0. The fourth-order valence-corrected chi connectivity index (χ4v) is 3.20. The summed E-state index contributed by atoms with van der Waals surface area (Å²) in [6.45, 7) is 6.70. The van der Waals surface area contributed by atoms with Crippen molar-refractivity contribution in [2.75, 3.05) is 0 Å². The van der Waals surface area contributed by atoms with Crippen molar-refractivity contribution < 1.29 is 0 Å². The number of nitrogens with one attached hydrogen (secondary N) is 1. The zero-order valence-corrected chi connectivity index (χ0v) is 12.1. The lowest BCUT2D eigenvalue weighted by atomic mass is 9.98. The van der Waals surface area contributed by atoms with Gasteiger partial charge in [-0.1, -0.05) is 49.4 Å². The van der Waals surface area contributed by atoms with Gasteiger partial charge in [0.15, 0.2) is 0 Å². The Hall–Kier alpha value is -0.820. The van der Waals surface area contributed by atoms with E-state index in [1.165, 1.54) is 55.2 Å². The van der Waals surface area contributed by atoms with Crippen molar-refractivity contribution in [2.45, 2.75) is 71.4 Å². The van der Waals surface area contributed by atoms with E-state index in [-0.39, 0.29) is 0 Å². The molecule has 0 amide bonds. The Balaban J connectivity index is 1.99. The van der Waals surface area contributed by atoms with Crippen molar-refractivity contribution in [3.05, 3.63) is 34.9 Å². The molecule has 0 aromatic heterocycles. The first-order chi connectivity index (χ1) is 8.66. The Bertz CT molecular complexity index is 375. The molecular weight excluding hydrogens is 218 g/mol. The van der Waals surface area contributed by atoms with Crippen LogP contribution in [0.5, 0.6) is 0 Å². The smallest absolute Gasteiger partial charge is 0.0296 e. The molecule has 0 saturated heterocycles. The highest BCUT2D eigenvalue weighted by Gasteiger charge is 2.16. The summed E-state index contributed by atoms with van der Waals surface area (Å²) in [5, 5.41) is 3.84. The molecule has 1 aliphatic carbocycles. The van der Waals surface area contributed by atoms with E-state index in [0.29, 0.717) is 6.04 Å². The third-order valence-electron chi connectivity index (χ3n) is 4.23. The van der Waals surface area contributed by atoms with E-state index in [1.54, 1.807) is 0 Å². The van der Waals surface area contributed by atoms with Crippen molar-refractivity contribution in [3.8, 4) is 0 Å². The van der Waals surface area contributed by atoms with Gasteiger partial charge >= 0.3 is 0 Å². The lowest BCUT2D eigenvalue weighted by Gasteiger charge is -2.23. The molecule has 1 nitrogen and oxygen atoms in total. The fraction of sp³-hybridized carbons (Fsp3) is 0.647. The van der Waals surface area contributed by atoms with Crippen LogP contribution in [-0.4, -0.2) is 6.04 Å². The molecular formula is C17H27N. The second-order valence-corrected chi connectivity index (χ2v) is 5.94. The molecule has 2 rings (SSSR count). The summed E-state index contributed by atoms with van der Waals surface area (Å²) in [6.07, 6.45) is 8.37. The van der Waals surface area contributed by atoms with Crippen LogP contribution >= 0.6 is 0 Å². The van der Waals surface area contributed by atoms with Gasteiger partial charge in [0.25, 0.3) is 0 Å². The van der Waals surface area contributed by atoms with Gasteiger partial charge in [-0.15, -0.1) is 0 Å². The van der Waals surface area contributed by atoms with Crippen LogP contribution in [0.25, 0.3) is 0 Å². The maximum absolute atomic E-state index is 3.84. The Morgan fingerprint density at radius 2 is 1.72 bits per heavy atom. The summed E-state index contributed by atoms with van der Waals surface area (Å²) in [4.78, 5) is 0. The lowest BCUT2D eigenvalue weighted by Crippen LogP contribution is -2.31. The Labute approximate surface area is 112 Å². The first-order valence-corrected chi connectivity index (χ1v) is 7.50. The van der Waals surface area contributed by atoms with Crippen LogP contribution in [-0.2, 0) is 0 Å². The zero-order chi connectivity index (χ0) is 13.0. The van der Waals surface area contributed by atoms with Crippen LogP contribution in [0.4, 0.5) is 0 Å². The van der Waals surface area contributed by atoms with Gasteiger partial charge in [0.2, 0.25) is 0 Å². The van der Waals surface area contributed by atoms with Gasteiger partial charge < -0.3 is 5.32 Å². The van der Waals surface area contributed by atoms with Crippen molar-refractivity contribution >= 4 is 0 Å². The van der Waals surface area contributed by atoms with Crippen LogP contribution in [0, 0.1) is 13.8 Å². The monoisotopic (exact) mass is 245 g/mol. The highest BCUT2D eigenvalue weighted by Crippen LogP contribution is 2.23. The fourth-order valence-electron chi connectivity index (χ4n) is 3.20. The maximum Gasteiger partial charge on any atom is 0.0296 e. The molecule has 0 radical (unpaired) electrons. The Morgan fingerprint density at radius 3 is 2.33 bits per heavy atom. The summed E-state index contributed by atoms with van der Waals surface area (Å²) in [7, 11) is 0. The number of benzene rings is 1. The molecule has 1 unspecified atom stereocenters. The molecule has 0 heterocycles. The largest absolute Gasteiger partial charge is 0.307 e. The molecule has 1 saturated carbocycles. The van der Waals surface area contributed by atoms with E-state index >= 15 is 0 Å². The van der Waals surface area contributed by atoms with Gasteiger partial charge in [0.05, 0.1) is 0 Å². The van der Waals surface area contributed by atoms with Crippen molar-refractivity contribution in [3.63, 3.8) is 0 Å². The number of hydrogen-bond donors (Lipinski definition) is 1. The minimum atomic E-state index is 0.480. The van der Waals surface area contributed by atoms with Gasteiger partial charge in [-0.25, -0.2) is 0 Å². The Kier molecular flexibility index (Phi) is 4.82. The van der Waals surface area contributed by atoms with Gasteiger partial charge in [0, 0.05) is 12.1 Å². The van der Waals surface area contributed by atoms with Gasteiger partial charge in [-0.3, -0.25) is 0 Å². The summed E-state index contributed by atoms with van der Waals surface area (Å²) < 4.78 is 0. The Morgan fingerprint density at radius 1 is 1.06 bits per heavy atom. The van der Waals surface area contributed by atoms with Crippen molar-refractivity contribution in [2.24, 2.45) is 0 Å². The van der Waals surface area contributed by atoms with E-state index < -0.39 is 0 Å². The molecule has 1 heteroatoms. The zero-order valence-electron chi connectivity index (χ0n) is 12.1. The first kappa shape index (κ1) is 13.6. The average Bonchev–Trinajstić information content (AvgIpc) is 2.57. The SMILES string of the molecule is Cc1ccc(C(C)NC2CCCCCC2)c(C)c1. The normalized spacial score (nSPS) is 19.5. The molecule has 100 valence electrons. The van der Waals surface area contributed by atoms with Crippen LogP contribution in [0.2, 0.25) is 0 Å². The molecule has 0 aliphatic heterocycles. The molecule has 18 heavy (non-hydrogen) atoms. The van der Waals surface area contributed by atoms with E-state index in [0.717, 1.165) is 6.04 Å². The first-order valence-electron chi connectivity index (χ1n) is 7.50. The van der Waals surface area contributed by atoms with E-state index in [1.807, 2.05) is 0 Å². The standard InChI is InChI=1S/C17H27N/c1-13-10-11-17(14(2)12-13)15(3)18-16-8-6-4-5-7-9-16/h10-12,15-16,18H,4-9H2,1-3H3. The topological polar surface area (TPSA) is 12.0 Å². The molecule has 0 bridgehead atoms. The van der Waals surface area contributed by atoms with Crippen LogP contribution in [0.1, 0.15) is 68.2 Å². The van der Waals surface area contributed by atoms with Gasteiger partial charge in [-0.2, -0.15) is 0 Å². The number of rotatable bonds is 3. The van der Waals surface area contributed by atoms with E-state index in [9.17, 15) is 0 Å². The maximum atomic E-state index is 3.84. The van der Waals surface area contributed by atoms with Crippen molar-refractivity contribution in [1.82, 2.24) is 5.32 Å². The third-order valence-corrected chi connectivity index (χ3v) is 4.23. The summed E-state index contributed by atoms with van der Waals surface area (Å²) in [6, 6.07) is 8.02. The second-order valence-electron chi connectivity index (χ2n) is 5.94. The average molecular weight is 245 g/mol. The molecule has 1 N–H and O–H groups in total. The van der Waals surface area contributed by atoms with Gasteiger partial charge in [-0.05, 0) is 44.7 Å². The molecule has 0 spiro atoms. The highest BCUT2D eigenvalue weighted by atomic mass is 14.9. The van der Waals surface area contributed by atoms with E-state index in [4.69, 9.17) is 0 Å². The quantitative estimate of drug-likeness (QED) is 0.763. The molecule has 1 fully saturated rings. The molecule has 1 atom stereocenters. The lowest BCUT2D eigenvalue weighted by molar-refractivity contribution is 0.413. The molecule has 1 aromatic carbocycles. The number of hydrogen-bond acceptors (Lipinski definition) is 1. The van der Waals surface area contributed by atoms with Crippen LogP contribution in [0.15, 0.2) is 18.2 Å². The van der Waals surface area contributed by atoms with Crippen molar-refractivity contribution in [1.29, 1.82) is 0 Å². The van der Waals surface area contributed by atoms with E-state index in [2.05, 4.69) is 44.3 Å². The number of aryl methyl sites for hydroxylation is 2. The predicted octanol–water partition coefficient (Wildman–Crippen LogP) is 4.68. The molecule has 1 aliphatic rings. The van der Waals surface area contributed by atoms with Crippen LogP contribution < -0.4 is 5.32 Å². The third kappa shape index (κ3) is 3.58. The minimum absolute atomic E-state index is 0.480. The van der Waals surface area contributed by atoms with Crippen LogP contribution in [0.3, 0.4) is 0 Å². The second kappa shape index (κ2) is 6.38. The highest BCUT2D eigenvalue weighted by molar-refractivity contribution is 5.32. The minimum Gasteiger partial charge on any atom is -0.307 e. The predicted molar refractivity (Wildman–Crippen MR) is 79.0 cm³/mol. The van der Waals surface area contributed by atoms with Gasteiger partial charge in [0.1, 0.15) is 0 Å². The summed E-state index contributed by atoms with van der Waals surface area (Å²) in [5.74, 6) is 0. The molecule has 1 aromatic rings.